The van der Waals surface area contributed by atoms with E-state index in [1.54, 1.807) is 18.2 Å². The zero-order chi connectivity index (χ0) is 18.8. The van der Waals surface area contributed by atoms with Crippen molar-refractivity contribution in [1.82, 2.24) is 0 Å². The lowest BCUT2D eigenvalue weighted by molar-refractivity contribution is 0.370. The minimum Gasteiger partial charge on any atom is -0.508 e. The second-order valence-electron chi connectivity index (χ2n) is 6.34. The van der Waals surface area contributed by atoms with E-state index >= 15 is 0 Å². The Morgan fingerprint density at radius 3 is 2.46 bits per heavy atom. The maximum absolute atomic E-state index is 10.3. The molecule has 136 valence electrons. The fraction of sp³-hybridized carbons (Fsp3) is 0.238. The summed E-state index contributed by atoms with van der Waals surface area (Å²) in [5.74, 6) is 1.67. The molecular weight excluding hydrogens is 332 g/mol. The van der Waals surface area contributed by atoms with Crippen molar-refractivity contribution in [3.8, 4) is 34.3 Å². The van der Waals surface area contributed by atoms with E-state index in [4.69, 9.17) is 13.9 Å². The summed E-state index contributed by atoms with van der Waals surface area (Å²) in [5, 5.41) is 21.0. The van der Waals surface area contributed by atoms with E-state index in [-0.39, 0.29) is 11.5 Å². The number of phenols is 2. The molecule has 0 atom stereocenters. The van der Waals surface area contributed by atoms with Gasteiger partial charge < -0.3 is 24.1 Å². The van der Waals surface area contributed by atoms with E-state index in [1.165, 1.54) is 20.3 Å². The Balaban J connectivity index is 2.21. The number of hydrogen-bond acceptors (Lipinski definition) is 5. The van der Waals surface area contributed by atoms with Crippen molar-refractivity contribution in [2.24, 2.45) is 0 Å². The van der Waals surface area contributed by atoms with Gasteiger partial charge in [-0.25, -0.2) is 0 Å². The van der Waals surface area contributed by atoms with E-state index < -0.39 is 0 Å². The van der Waals surface area contributed by atoms with Crippen LogP contribution in [-0.4, -0.2) is 24.4 Å². The van der Waals surface area contributed by atoms with Gasteiger partial charge in [-0.15, -0.1) is 0 Å². The summed E-state index contributed by atoms with van der Waals surface area (Å²) in [5.41, 5.74) is 3.27. The van der Waals surface area contributed by atoms with E-state index in [0.717, 1.165) is 16.5 Å². The van der Waals surface area contributed by atoms with Crippen molar-refractivity contribution in [3.05, 3.63) is 47.5 Å². The van der Waals surface area contributed by atoms with Crippen LogP contribution < -0.4 is 9.47 Å². The van der Waals surface area contributed by atoms with E-state index in [0.29, 0.717) is 34.8 Å². The third kappa shape index (κ3) is 3.33. The molecule has 1 heterocycles. The number of aromatic hydroxyl groups is 2. The quantitative estimate of drug-likeness (QED) is 0.628. The van der Waals surface area contributed by atoms with Crippen LogP contribution in [0.1, 0.15) is 19.4 Å². The van der Waals surface area contributed by atoms with Crippen molar-refractivity contribution in [2.45, 2.75) is 20.3 Å². The SMILES string of the molecule is COc1cc(O)cc(-c2cc3cc(O)c(OC)c(CC=C(C)C)c3o2)c1. The van der Waals surface area contributed by atoms with Gasteiger partial charge in [-0.2, -0.15) is 0 Å². The maximum atomic E-state index is 10.3. The molecule has 0 unspecified atom stereocenters. The number of hydrogen-bond donors (Lipinski definition) is 2. The number of phenolic OH excluding ortho intramolecular Hbond substituents is 2. The largest absolute Gasteiger partial charge is 0.508 e. The molecule has 0 aliphatic rings. The number of methoxy groups -OCH3 is 2. The second kappa shape index (κ2) is 7.04. The molecule has 5 nitrogen and oxygen atoms in total. The Bertz CT molecular complexity index is 978. The highest BCUT2D eigenvalue weighted by Crippen LogP contribution is 2.41. The molecule has 0 spiro atoms. The van der Waals surface area contributed by atoms with Crippen LogP contribution >= 0.6 is 0 Å². The van der Waals surface area contributed by atoms with Gasteiger partial charge in [-0.05, 0) is 44.5 Å². The van der Waals surface area contributed by atoms with Crippen LogP contribution in [-0.2, 0) is 6.42 Å². The highest BCUT2D eigenvalue weighted by Gasteiger charge is 2.18. The molecular formula is C21H22O5. The van der Waals surface area contributed by atoms with Gasteiger partial charge in [-0.1, -0.05) is 11.6 Å². The second-order valence-corrected chi connectivity index (χ2v) is 6.34. The molecule has 2 N–H and O–H groups in total. The predicted molar refractivity (Wildman–Crippen MR) is 101 cm³/mol. The molecule has 5 heteroatoms. The lowest BCUT2D eigenvalue weighted by atomic mass is 10.0. The van der Waals surface area contributed by atoms with Gasteiger partial charge in [-0.3, -0.25) is 0 Å². The van der Waals surface area contributed by atoms with Crippen LogP contribution in [0, 0.1) is 0 Å². The average molecular weight is 354 g/mol. The lowest BCUT2D eigenvalue weighted by Gasteiger charge is -2.09. The number of furan rings is 1. The Hall–Kier alpha value is -3.08. The van der Waals surface area contributed by atoms with E-state index in [9.17, 15) is 10.2 Å². The maximum Gasteiger partial charge on any atom is 0.167 e. The van der Waals surface area contributed by atoms with Crippen molar-refractivity contribution in [1.29, 1.82) is 0 Å². The molecule has 2 aromatic carbocycles. The Morgan fingerprint density at radius 1 is 1.04 bits per heavy atom. The molecule has 0 amide bonds. The summed E-state index contributed by atoms with van der Waals surface area (Å²) in [6.07, 6.45) is 2.63. The molecule has 0 aliphatic carbocycles. The minimum atomic E-state index is 0.0676. The number of ether oxygens (including phenoxy) is 2. The van der Waals surface area contributed by atoms with E-state index in [2.05, 4.69) is 6.08 Å². The lowest BCUT2D eigenvalue weighted by Crippen LogP contribution is -1.92. The zero-order valence-electron chi connectivity index (χ0n) is 15.3. The summed E-state index contributed by atoms with van der Waals surface area (Å²) in [4.78, 5) is 0. The Kier molecular flexibility index (Phi) is 4.80. The van der Waals surface area contributed by atoms with Crippen LogP contribution in [0.2, 0.25) is 0 Å². The standard InChI is InChI=1S/C21H22O5/c1-12(2)5-6-17-20-14(9-18(23)21(17)25-4)10-19(26-20)13-7-15(22)11-16(8-13)24-3/h5,7-11,22-23H,6H2,1-4H3. The van der Waals surface area contributed by atoms with Gasteiger partial charge in [0.05, 0.1) is 14.2 Å². The predicted octanol–water partition coefficient (Wildman–Crippen LogP) is 5.04. The van der Waals surface area contributed by atoms with E-state index in [1.807, 2.05) is 19.9 Å². The van der Waals surface area contributed by atoms with Gasteiger partial charge in [0.25, 0.3) is 0 Å². The molecule has 0 saturated carbocycles. The number of benzene rings is 2. The molecule has 0 saturated heterocycles. The Morgan fingerprint density at radius 2 is 1.81 bits per heavy atom. The molecule has 26 heavy (non-hydrogen) atoms. The van der Waals surface area contributed by atoms with Gasteiger partial charge in [0.2, 0.25) is 0 Å². The topological polar surface area (TPSA) is 72.1 Å². The fourth-order valence-electron chi connectivity index (χ4n) is 2.92. The number of fused-ring (bicyclic) bond motifs is 1. The van der Waals surface area contributed by atoms with Gasteiger partial charge in [0.1, 0.15) is 22.8 Å². The first-order valence-corrected chi connectivity index (χ1v) is 8.27. The zero-order valence-corrected chi connectivity index (χ0v) is 15.3. The third-order valence-electron chi connectivity index (χ3n) is 4.16. The normalized spacial score (nSPS) is 10.8. The average Bonchev–Trinajstić information content (AvgIpc) is 3.02. The molecule has 0 fully saturated rings. The summed E-state index contributed by atoms with van der Waals surface area (Å²) < 4.78 is 16.7. The van der Waals surface area contributed by atoms with Crippen LogP contribution in [0.15, 0.2) is 46.4 Å². The summed E-state index contributed by atoms with van der Waals surface area (Å²) in [7, 11) is 3.06. The first kappa shape index (κ1) is 17.7. The number of allylic oxidation sites excluding steroid dienone is 2. The monoisotopic (exact) mass is 354 g/mol. The first-order chi connectivity index (χ1) is 12.4. The van der Waals surface area contributed by atoms with Crippen molar-refractivity contribution in [2.75, 3.05) is 14.2 Å². The van der Waals surface area contributed by atoms with Gasteiger partial charge >= 0.3 is 0 Å². The minimum absolute atomic E-state index is 0.0676. The summed E-state index contributed by atoms with van der Waals surface area (Å²) in [6.45, 7) is 4.03. The van der Waals surface area contributed by atoms with Gasteiger partial charge in [0.15, 0.2) is 11.5 Å². The summed E-state index contributed by atoms with van der Waals surface area (Å²) >= 11 is 0. The van der Waals surface area contributed by atoms with Crippen molar-refractivity contribution in [3.63, 3.8) is 0 Å². The highest BCUT2D eigenvalue weighted by molar-refractivity contribution is 5.89. The van der Waals surface area contributed by atoms with Crippen molar-refractivity contribution >= 4 is 11.0 Å². The molecule has 3 rings (SSSR count). The molecule has 0 radical (unpaired) electrons. The fourth-order valence-corrected chi connectivity index (χ4v) is 2.92. The smallest absolute Gasteiger partial charge is 0.167 e. The van der Waals surface area contributed by atoms with Crippen LogP contribution in [0.4, 0.5) is 0 Å². The molecule has 1 aromatic heterocycles. The summed E-state index contributed by atoms with van der Waals surface area (Å²) in [6, 6.07) is 8.36. The highest BCUT2D eigenvalue weighted by atomic mass is 16.5. The third-order valence-corrected chi connectivity index (χ3v) is 4.16. The first-order valence-electron chi connectivity index (χ1n) is 8.27. The van der Waals surface area contributed by atoms with Crippen LogP contribution in [0.3, 0.4) is 0 Å². The number of rotatable bonds is 5. The van der Waals surface area contributed by atoms with Crippen molar-refractivity contribution < 1.29 is 24.1 Å². The van der Waals surface area contributed by atoms with Crippen LogP contribution in [0.5, 0.6) is 23.0 Å². The molecule has 3 aromatic rings. The molecule has 0 bridgehead atoms. The van der Waals surface area contributed by atoms with Crippen LogP contribution in [0.25, 0.3) is 22.3 Å². The Labute approximate surface area is 152 Å². The molecule has 0 aliphatic heterocycles. The van der Waals surface area contributed by atoms with Gasteiger partial charge in [0, 0.05) is 22.6 Å².